The van der Waals surface area contributed by atoms with Crippen molar-refractivity contribution in [1.29, 1.82) is 0 Å². The Hall–Kier alpha value is -1.29. The number of aromatic nitrogens is 1. The van der Waals surface area contributed by atoms with Crippen LogP contribution in [-0.2, 0) is 0 Å². The number of nitrogens with two attached hydrogens (primary N) is 1. The maximum absolute atomic E-state index is 6.26. The van der Waals surface area contributed by atoms with Gasteiger partial charge in [0.25, 0.3) is 0 Å². The molecule has 0 unspecified atom stereocenters. The van der Waals surface area contributed by atoms with E-state index in [4.69, 9.17) is 5.73 Å². The van der Waals surface area contributed by atoms with Gasteiger partial charge in [0.15, 0.2) is 0 Å². The van der Waals surface area contributed by atoms with Gasteiger partial charge < -0.3 is 10.6 Å². The second-order valence-electron chi connectivity index (χ2n) is 5.45. The second kappa shape index (κ2) is 5.60. The van der Waals surface area contributed by atoms with Crippen molar-refractivity contribution >= 4 is 38.2 Å². The zero-order valence-electron chi connectivity index (χ0n) is 11.8. The number of nitrogen functional groups attached to an aromatic ring is 1. The van der Waals surface area contributed by atoms with E-state index in [0.29, 0.717) is 6.04 Å². The van der Waals surface area contributed by atoms with Crippen molar-refractivity contribution in [3.05, 3.63) is 28.9 Å². The monoisotopic (exact) mass is 333 g/mol. The Morgan fingerprint density at radius 3 is 2.80 bits per heavy atom. The van der Waals surface area contributed by atoms with Gasteiger partial charge in [-0.05, 0) is 38.0 Å². The summed E-state index contributed by atoms with van der Waals surface area (Å²) in [7, 11) is 0. The second-order valence-corrected chi connectivity index (χ2v) is 6.36. The normalized spacial score (nSPS) is 15.9. The highest BCUT2D eigenvalue weighted by molar-refractivity contribution is 9.10. The quantitative estimate of drug-likeness (QED) is 0.907. The predicted octanol–water partition coefficient (Wildman–Crippen LogP) is 4.35. The minimum absolute atomic E-state index is 0.617. The van der Waals surface area contributed by atoms with Crippen LogP contribution in [0.5, 0.6) is 0 Å². The van der Waals surface area contributed by atoms with Crippen LogP contribution in [0.15, 0.2) is 28.9 Å². The highest BCUT2D eigenvalue weighted by atomic mass is 79.9. The summed E-state index contributed by atoms with van der Waals surface area (Å²) in [4.78, 5) is 6.92. The van der Waals surface area contributed by atoms with E-state index >= 15 is 0 Å². The maximum atomic E-state index is 6.26. The third-order valence-corrected chi connectivity index (χ3v) is 4.72. The van der Waals surface area contributed by atoms with Gasteiger partial charge in [-0.3, -0.25) is 4.98 Å². The van der Waals surface area contributed by atoms with Crippen LogP contribution in [0.25, 0.3) is 10.9 Å². The van der Waals surface area contributed by atoms with Gasteiger partial charge in [0, 0.05) is 22.4 Å². The van der Waals surface area contributed by atoms with E-state index in [-0.39, 0.29) is 0 Å². The number of anilines is 2. The van der Waals surface area contributed by atoms with Crippen molar-refractivity contribution in [2.24, 2.45) is 0 Å². The highest BCUT2D eigenvalue weighted by Gasteiger charge is 2.24. The number of nitrogens with zero attached hydrogens (tertiary/aromatic N) is 2. The Kier molecular flexibility index (Phi) is 3.83. The molecule has 1 aliphatic rings. The van der Waals surface area contributed by atoms with Crippen molar-refractivity contribution in [3.63, 3.8) is 0 Å². The molecule has 1 fully saturated rings. The summed E-state index contributed by atoms with van der Waals surface area (Å²) in [6.45, 7) is 3.20. The average molecular weight is 334 g/mol. The fraction of sp³-hybridized carbons (Fsp3) is 0.438. The number of halogens is 1. The molecule has 1 saturated carbocycles. The summed E-state index contributed by atoms with van der Waals surface area (Å²) in [5, 5.41) is 1.15. The average Bonchev–Trinajstić information content (AvgIpc) is 2.96. The number of benzene rings is 1. The van der Waals surface area contributed by atoms with Crippen LogP contribution < -0.4 is 10.6 Å². The van der Waals surface area contributed by atoms with Gasteiger partial charge in [0.2, 0.25) is 0 Å². The summed E-state index contributed by atoms with van der Waals surface area (Å²) in [6.07, 6.45) is 6.99. The topological polar surface area (TPSA) is 42.1 Å². The molecule has 3 nitrogen and oxygen atoms in total. The summed E-state index contributed by atoms with van der Waals surface area (Å²) in [6, 6.07) is 6.82. The van der Waals surface area contributed by atoms with Crippen LogP contribution in [0.3, 0.4) is 0 Å². The van der Waals surface area contributed by atoms with Crippen LogP contribution in [0.4, 0.5) is 11.4 Å². The first kappa shape index (κ1) is 13.7. The van der Waals surface area contributed by atoms with Crippen LogP contribution in [0, 0.1) is 0 Å². The Morgan fingerprint density at radius 1 is 1.35 bits per heavy atom. The minimum Gasteiger partial charge on any atom is -0.396 e. The summed E-state index contributed by atoms with van der Waals surface area (Å²) < 4.78 is 1.07. The molecular formula is C16H20BrN3. The van der Waals surface area contributed by atoms with Crippen molar-refractivity contribution in [1.82, 2.24) is 4.98 Å². The molecule has 0 amide bonds. The van der Waals surface area contributed by atoms with Crippen molar-refractivity contribution < 1.29 is 0 Å². The van der Waals surface area contributed by atoms with Gasteiger partial charge in [-0.15, -0.1) is 0 Å². The SMILES string of the molecule is CCN(c1c(N)cnc2ccc(Br)cc12)C1CCCC1. The number of hydrogen-bond acceptors (Lipinski definition) is 3. The van der Waals surface area contributed by atoms with E-state index < -0.39 is 0 Å². The summed E-state index contributed by atoms with van der Waals surface area (Å²) in [5.41, 5.74) is 9.21. The minimum atomic E-state index is 0.617. The van der Waals surface area contributed by atoms with Crippen LogP contribution in [-0.4, -0.2) is 17.6 Å². The van der Waals surface area contributed by atoms with E-state index in [9.17, 15) is 0 Å². The first-order valence-corrected chi connectivity index (χ1v) is 8.10. The van der Waals surface area contributed by atoms with Gasteiger partial charge in [-0.25, -0.2) is 0 Å². The first-order chi connectivity index (χ1) is 9.70. The zero-order chi connectivity index (χ0) is 14.1. The molecule has 20 heavy (non-hydrogen) atoms. The molecule has 0 spiro atoms. The molecule has 106 valence electrons. The molecule has 1 aromatic carbocycles. The van der Waals surface area contributed by atoms with E-state index in [2.05, 4.69) is 38.8 Å². The molecular weight excluding hydrogens is 314 g/mol. The molecule has 3 rings (SSSR count). The van der Waals surface area contributed by atoms with Gasteiger partial charge >= 0.3 is 0 Å². The van der Waals surface area contributed by atoms with Crippen LogP contribution >= 0.6 is 15.9 Å². The van der Waals surface area contributed by atoms with E-state index in [1.165, 1.54) is 25.7 Å². The number of rotatable bonds is 3. The Labute approximate surface area is 128 Å². The summed E-state index contributed by atoms with van der Waals surface area (Å²) in [5.74, 6) is 0. The lowest BCUT2D eigenvalue weighted by molar-refractivity contribution is 0.622. The van der Waals surface area contributed by atoms with Gasteiger partial charge in [0.05, 0.1) is 23.1 Å². The molecule has 4 heteroatoms. The predicted molar refractivity (Wildman–Crippen MR) is 89.1 cm³/mol. The molecule has 2 N–H and O–H groups in total. The highest BCUT2D eigenvalue weighted by Crippen LogP contribution is 2.37. The number of hydrogen-bond donors (Lipinski definition) is 1. The molecule has 1 aromatic heterocycles. The molecule has 0 atom stereocenters. The fourth-order valence-electron chi connectivity index (χ4n) is 3.30. The van der Waals surface area contributed by atoms with E-state index in [1.54, 1.807) is 6.20 Å². The fourth-order valence-corrected chi connectivity index (χ4v) is 3.66. The third kappa shape index (κ3) is 2.37. The van der Waals surface area contributed by atoms with Gasteiger partial charge in [0.1, 0.15) is 0 Å². The Balaban J connectivity index is 2.16. The molecule has 0 saturated heterocycles. The molecule has 0 aliphatic heterocycles. The van der Waals surface area contributed by atoms with Crippen LogP contribution in [0.1, 0.15) is 32.6 Å². The largest absolute Gasteiger partial charge is 0.396 e. The molecule has 1 aliphatic carbocycles. The van der Waals surface area contributed by atoms with Crippen molar-refractivity contribution in [2.45, 2.75) is 38.6 Å². The Bertz CT molecular complexity index is 615. The lowest BCUT2D eigenvalue weighted by Crippen LogP contribution is -2.33. The zero-order valence-corrected chi connectivity index (χ0v) is 13.4. The standard InChI is InChI=1S/C16H20BrN3/c1-2-20(12-5-3-4-6-12)16-13-9-11(17)7-8-15(13)19-10-14(16)18/h7-10,12H,2-6,18H2,1H3. The number of pyridine rings is 1. The Morgan fingerprint density at radius 2 is 2.10 bits per heavy atom. The third-order valence-electron chi connectivity index (χ3n) is 4.22. The lowest BCUT2D eigenvalue weighted by Gasteiger charge is -2.32. The first-order valence-electron chi connectivity index (χ1n) is 7.31. The number of fused-ring (bicyclic) bond motifs is 1. The molecule has 0 radical (unpaired) electrons. The van der Waals surface area contributed by atoms with Crippen LogP contribution in [0.2, 0.25) is 0 Å². The van der Waals surface area contributed by atoms with Gasteiger partial charge in [-0.1, -0.05) is 28.8 Å². The maximum Gasteiger partial charge on any atom is 0.0745 e. The van der Waals surface area contributed by atoms with E-state index in [1.807, 2.05) is 12.1 Å². The van der Waals surface area contributed by atoms with E-state index in [0.717, 1.165) is 33.3 Å². The lowest BCUT2D eigenvalue weighted by atomic mass is 10.1. The summed E-state index contributed by atoms with van der Waals surface area (Å²) >= 11 is 3.56. The smallest absolute Gasteiger partial charge is 0.0745 e. The molecule has 0 bridgehead atoms. The van der Waals surface area contributed by atoms with Crippen molar-refractivity contribution in [2.75, 3.05) is 17.2 Å². The molecule has 1 heterocycles. The van der Waals surface area contributed by atoms with Crippen molar-refractivity contribution in [3.8, 4) is 0 Å². The van der Waals surface area contributed by atoms with Gasteiger partial charge in [-0.2, -0.15) is 0 Å². The molecule has 2 aromatic rings.